The molecule has 0 spiro atoms. The van der Waals surface area contributed by atoms with Crippen LogP contribution in [0.15, 0.2) is 12.1 Å². The Labute approximate surface area is 78.3 Å². The third kappa shape index (κ3) is 1.72. The van der Waals surface area contributed by atoms with Crippen molar-refractivity contribution in [3.8, 4) is 5.75 Å². The minimum atomic E-state index is 0.783. The smallest absolute Gasteiger partial charge is 0.125 e. The quantitative estimate of drug-likeness (QED) is 0.686. The van der Waals surface area contributed by atoms with Crippen LogP contribution in [0.2, 0.25) is 5.02 Å². The number of hydrogen-bond donors (Lipinski definition) is 0. The fourth-order valence-corrected chi connectivity index (χ4v) is 1.65. The van der Waals surface area contributed by atoms with Gasteiger partial charge in [-0.15, -0.1) is 0 Å². The molecule has 12 heavy (non-hydrogen) atoms. The summed E-state index contributed by atoms with van der Waals surface area (Å²) in [4.78, 5) is 0. The van der Waals surface area contributed by atoms with Gasteiger partial charge in [-0.2, -0.15) is 0 Å². The molecular formula is C10H13ClO. The third-order valence-corrected chi connectivity index (χ3v) is 2.12. The zero-order valence-electron chi connectivity index (χ0n) is 7.65. The van der Waals surface area contributed by atoms with Crippen molar-refractivity contribution < 1.29 is 4.74 Å². The van der Waals surface area contributed by atoms with Crippen molar-refractivity contribution in [2.24, 2.45) is 0 Å². The molecule has 0 saturated heterocycles. The van der Waals surface area contributed by atoms with E-state index in [0.29, 0.717) is 0 Å². The van der Waals surface area contributed by atoms with E-state index in [9.17, 15) is 0 Å². The van der Waals surface area contributed by atoms with Gasteiger partial charge in [0.15, 0.2) is 0 Å². The average Bonchev–Trinajstić information content (AvgIpc) is 2.03. The van der Waals surface area contributed by atoms with Crippen molar-refractivity contribution in [3.63, 3.8) is 0 Å². The Balaban J connectivity index is 3.24. The van der Waals surface area contributed by atoms with Crippen molar-refractivity contribution in [1.82, 2.24) is 0 Å². The Kier molecular flexibility index (Phi) is 2.99. The van der Waals surface area contributed by atoms with Crippen LogP contribution in [0.25, 0.3) is 0 Å². The Morgan fingerprint density at radius 3 is 2.58 bits per heavy atom. The number of rotatable bonds is 2. The summed E-state index contributed by atoms with van der Waals surface area (Å²) in [5.74, 6) is 0.960. The molecule has 0 aliphatic heterocycles. The van der Waals surface area contributed by atoms with E-state index in [-0.39, 0.29) is 0 Å². The Morgan fingerprint density at radius 2 is 2.08 bits per heavy atom. The van der Waals surface area contributed by atoms with Gasteiger partial charge in [-0.3, -0.25) is 0 Å². The highest BCUT2D eigenvalue weighted by molar-refractivity contribution is 6.30. The summed E-state index contributed by atoms with van der Waals surface area (Å²) in [6.45, 7) is 4.09. The molecule has 0 atom stereocenters. The molecule has 0 radical (unpaired) electrons. The van der Waals surface area contributed by atoms with Gasteiger partial charge < -0.3 is 4.74 Å². The average molecular weight is 185 g/mol. The molecule has 0 N–H and O–H groups in total. The predicted octanol–water partition coefficient (Wildman–Crippen LogP) is 3.22. The maximum atomic E-state index is 5.90. The first kappa shape index (κ1) is 9.40. The number of halogens is 1. The summed E-state index contributed by atoms with van der Waals surface area (Å²) in [6, 6.07) is 3.87. The van der Waals surface area contributed by atoms with E-state index in [2.05, 4.69) is 6.92 Å². The lowest BCUT2D eigenvalue weighted by Gasteiger charge is -2.10. The number of hydrogen-bond acceptors (Lipinski definition) is 1. The Morgan fingerprint density at radius 1 is 1.42 bits per heavy atom. The van der Waals surface area contributed by atoms with E-state index in [1.165, 1.54) is 5.56 Å². The van der Waals surface area contributed by atoms with Crippen LogP contribution in [0.4, 0.5) is 0 Å². The largest absolute Gasteiger partial charge is 0.496 e. The van der Waals surface area contributed by atoms with E-state index in [1.54, 1.807) is 7.11 Å². The summed E-state index contributed by atoms with van der Waals surface area (Å²) < 4.78 is 5.26. The molecule has 0 saturated carbocycles. The molecule has 0 heterocycles. The zero-order valence-corrected chi connectivity index (χ0v) is 8.40. The van der Waals surface area contributed by atoms with Crippen LogP contribution in [0, 0.1) is 6.92 Å². The topological polar surface area (TPSA) is 9.23 Å². The minimum absolute atomic E-state index is 0.783. The van der Waals surface area contributed by atoms with Gasteiger partial charge in [0.05, 0.1) is 7.11 Å². The van der Waals surface area contributed by atoms with Crippen LogP contribution >= 0.6 is 11.6 Å². The van der Waals surface area contributed by atoms with Gasteiger partial charge in [0, 0.05) is 5.02 Å². The fourth-order valence-electron chi connectivity index (χ4n) is 1.35. The van der Waals surface area contributed by atoms with Crippen LogP contribution in [0.5, 0.6) is 5.75 Å². The summed E-state index contributed by atoms with van der Waals surface area (Å²) in [7, 11) is 1.69. The van der Waals surface area contributed by atoms with Gasteiger partial charge in [0.2, 0.25) is 0 Å². The highest BCUT2D eigenvalue weighted by Crippen LogP contribution is 2.27. The molecule has 0 unspecified atom stereocenters. The highest BCUT2D eigenvalue weighted by Gasteiger charge is 2.05. The van der Waals surface area contributed by atoms with Gasteiger partial charge in [-0.25, -0.2) is 0 Å². The third-order valence-electron chi connectivity index (χ3n) is 1.90. The number of ether oxygens (including phenoxy) is 1. The minimum Gasteiger partial charge on any atom is -0.496 e. The molecule has 2 heteroatoms. The molecular weight excluding hydrogens is 172 g/mol. The number of benzene rings is 1. The summed E-state index contributed by atoms with van der Waals surface area (Å²) in [5, 5.41) is 0.783. The Hall–Kier alpha value is -0.690. The maximum absolute atomic E-state index is 5.90. The lowest BCUT2D eigenvalue weighted by Crippen LogP contribution is -1.93. The van der Waals surface area contributed by atoms with Gasteiger partial charge in [0.25, 0.3) is 0 Å². The molecule has 0 aliphatic rings. The monoisotopic (exact) mass is 184 g/mol. The van der Waals surface area contributed by atoms with Gasteiger partial charge in [0.1, 0.15) is 5.75 Å². The van der Waals surface area contributed by atoms with E-state index in [0.717, 1.165) is 22.8 Å². The summed E-state index contributed by atoms with van der Waals surface area (Å²) in [5.41, 5.74) is 2.27. The lowest BCUT2D eigenvalue weighted by atomic mass is 10.1. The van der Waals surface area contributed by atoms with E-state index >= 15 is 0 Å². The van der Waals surface area contributed by atoms with Gasteiger partial charge >= 0.3 is 0 Å². The second-order valence-corrected chi connectivity index (χ2v) is 3.21. The van der Waals surface area contributed by atoms with Crippen LogP contribution in [0.3, 0.4) is 0 Å². The van der Waals surface area contributed by atoms with Crippen molar-refractivity contribution in [2.45, 2.75) is 20.3 Å². The van der Waals surface area contributed by atoms with Crippen molar-refractivity contribution in [2.75, 3.05) is 7.11 Å². The summed E-state index contributed by atoms with van der Waals surface area (Å²) in [6.07, 6.45) is 0.949. The SMILES string of the molecule is CCc1cc(Cl)cc(C)c1OC. The number of methoxy groups -OCH3 is 1. The van der Waals surface area contributed by atoms with Gasteiger partial charge in [-0.1, -0.05) is 18.5 Å². The van der Waals surface area contributed by atoms with Crippen LogP contribution < -0.4 is 4.74 Å². The normalized spacial score (nSPS) is 10.0. The molecule has 0 fully saturated rings. The Bertz CT molecular complexity index is 281. The predicted molar refractivity (Wildman–Crippen MR) is 52.1 cm³/mol. The van der Waals surface area contributed by atoms with E-state index < -0.39 is 0 Å². The molecule has 0 amide bonds. The number of aryl methyl sites for hydroxylation is 2. The maximum Gasteiger partial charge on any atom is 0.125 e. The molecule has 0 bridgehead atoms. The van der Waals surface area contributed by atoms with E-state index in [1.807, 2.05) is 19.1 Å². The second-order valence-electron chi connectivity index (χ2n) is 2.77. The zero-order chi connectivity index (χ0) is 9.14. The first-order valence-corrected chi connectivity index (χ1v) is 4.39. The first-order chi connectivity index (χ1) is 5.69. The molecule has 0 aromatic heterocycles. The fraction of sp³-hybridized carbons (Fsp3) is 0.400. The molecule has 66 valence electrons. The van der Waals surface area contributed by atoms with Crippen molar-refractivity contribution in [1.29, 1.82) is 0 Å². The summed E-state index contributed by atoms with van der Waals surface area (Å²) >= 11 is 5.90. The second kappa shape index (κ2) is 3.81. The highest BCUT2D eigenvalue weighted by atomic mass is 35.5. The van der Waals surface area contributed by atoms with Crippen LogP contribution in [-0.2, 0) is 6.42 Å². The first-order valence-electron chi connectivity index (χ1n) is 4.02. The molecule has 1 aromatic rings. The standard InChI is InChI=1S/C10H13ClO/c1-4-8-6-9(11)5-7(2)10(8)12-3/h5-6H,4H2,1-3H3. The van der Waals surface area contributed by atoms with Gasteiger partial charge in [-0.05, 0) is 36.6 Å². The molecule has 1 aromatic carbocycles. The van der Waals surface area contributed by atoms with Crippen molar-refractivity contribution >= 4 is 11.6 Å². The molecule has 1 rings (SSSR count). The van der Waals surface area contributed by atoms with Crippen LogP contribution in [-0.4, -0.2) is 7.11 Å². The molecule has 0 aliphatic carbocycles. The van der Waals surface area contributed by atoms with Crippen LogP contribution in [0.1, 0.15) is 18.1 Å². The van der Waals surface area contributed by atoms with Crippen molar-refractivity contribution in [3.05, 3.63) is 28.3 Å². The lowest BCUT2D eigenvalue weighted by molar-refractivity contribution is 0.407. The molecule has 1 nitrogen and oxygen atoms in total. The van der Waals surface area contributed by atoms with E-state index in [4.69, 9.17) is 16.3 Å².